The Morgan fingerprint density at radius 2 is 2.06 bits per heavy atom. The molecule has 0 spiro atoms. The summed E-state index contributed by atoms with van der Waals surface area (Å²) in [6.45, 7) is 2.77. The number of aromatic amines is 1. The van der Waals surface area contributed by atoms with E-state index in [2.05, 4.69) is 27.5 Å². The first-order valence-corrected chi connectivity index (χ1v) is 10.9. The lowest BCUT2D eigenvalue weighted by atomic mass is 9.92. The predicted octanol–water partition coefficient (Wildman–Crippen LogP) is 3.62. The van der Waals surface area contributed by atoms with E-state index in [9.17, 15) is 27.6 Å². The van der Waals surface area contributed by atoms with Gasteiger partial charge < -0.3 is 15.5 Å². The first kappa shape index (κ1) is 22.8. The van der Waals surface area contributed by atoms with E-state index in [4.69, 9.17) is 0 Å². The van der Waals surface area contributed by atoms with Crippen LogP contribution in [0.2, 0.25) is 0 Å². The molecule has 2 aliphatic rings. The fraction of sp³-hybridized carbons (Fsp3) is 0.455. The van der Waals surface area contributed by atoms with E-state index in [1.54, 1.807) is 0 Å². The van der Waals surface area contributed by atoms with Gasteiger partial charge in [0.1, 0.15) is 5.82 Å². The molecule has 11 heteroatoms. The van der Waals surface area contributed by atoms with Gasteiger partial charge in [-0.15, -0.1) is 0 Å². The fourth-order valence-electron chi connectivity index (χ4n) is 4.43. The average Bonchev–Trinajstić information content (AvgIpc) is 2.77. The summed E-state index contributed by atoms with van der Waals surface area (Å²) in [6.07, 6.45) is -1.02. The fourth-order valence-corrected chi connectivity index (χ4v) is 4.43. The van der Waals surface area contributed by atoms with Crippen LogP contribution in [0.4, 0.5) is 30.6 Å². The predicted molar refractivity (Wildman–Crippen MR) is 116 cm³/mol. The number of halogens is 3. The van der Waals surface area contributed by atoms with Gasteiger partial charge in [-0.3, -0.25) is 19.4 Å². The second kappa shape index (κ2) is 8.87. The number of alkyl halides is 3. The van der Waals surface area contributed by atoms with Crippen molar-refractivity contribution in [1.82, 2.24) is 9.97 Å². The Morgan fingerprint density at radius 3 is 2.79 bits per heavy atom. The summed E-state index contributed by atoms with van der Waals surface area (Å²) in [7, 11) is 0. The molecule has 176 valence electrons. The molecule has 0 radical (unpaired) electrons. The SMILES string of the molecule is CC[C@@H]1CCCCN1c1nc2c(c(=O)[nH]1)[C@H](C(=O)Nc1cccc(C(F)(F)F)c1)CC(=O)N2. The Balaban J connectivity index is 1.64. The largest absolute Gasteiger partial charge is 0.416 e. The van der Waals surface area contributed by atoms with Gasteiger partial charge in [0.25, 0.3) is 5.56 Å². The molecule has 3 heterocycles. The molecular formula is C22H24F3N5O3. The lowest BCUT2D eigenvalue weighted by Gasteiger charge is -2.36. The van der Waals surface area contributed by atoms with E-state index in [-0.39, 0.29) is 29.5 Å². The maximum absolute atomic E-state index is 13.0. The third-order valence-electron chi connectivity index (χ3n) is 6.08. The van der Waals surface area contributed by atoms with E-state index >= 15 is 0 Å². The minimum atomic E-state index is -4.57. The van der Waals surface area contributed by atoms with Gasteiger partial charge >= 0.3 is 6.18 Å². The number of nitrogens with one attached hydrogen (secondary N) is 3. The maximum atomic E-state index is 13.0. The number of carbonyl (C=O) groups excluding carboxylic acids is 2. The Bertz CT molecular complexity index is 1130. The minimum absolute atomic E-state index is 0.00659. The number of carbonyl (C=O) groups is 2. The molecule has 3 N–H and O–H groups in total. The van der Waals surface area contributed by atoms with Crippen molar-refractivity contribution >= 4 is 29.3 Å². The van der Waals surface area contributed by atoms with Crippen molar-refractivity contribution in [2.24, 2.45) is 0 Å². The molecule has 1 fully saturated rings. The molecule has 1 saturated heterocycles. The van der Waals surface area contributed by atoms with E-state index in [1.807, 2.05) is 4.90 Å². The number of hydrogen-bond acceptors (Lipinski definition) is 5. The number of anilines is 3. The molecule has 2 atom stereocenters. The topological polar surface area (TPSA) is 107 Å². The zero-order valence-corrected chi connectivity index (χ0v) is 18.0. The Morgan fingerprint density at radius 1 is 1.27 bits per heavy atom. The number of rotatable bonds is 4. The van der Waals surface area contributed by atoms with Gasteiger partial charge in [0.2, 0.25) is 17.8 Å². The number of piperidine rings is 1. The van der Waals surface area contributed by atoms with Gasteiger partial charge in [0, 0.05) is 24.7 Å². The van der Waals surface area contributed by atoms with Crippen LogP contribution in [0.25, 0.3) is 0 Å². The van der Waals surface area contributed by atoms with Crippen LogP contribution in [-0.4, -0.2) is 34.4 Å². The van der Waals surface area contributed by atoms with Crippen LogP contribution in [-0.2, 0) is 15.8 Å². The summed E-state index contributed by atoms with van der Waals surface area (Å²) in [4.78, 5) is 47.4. The van der Waals surface area contributed by atoms with Crippen molar-refractivity contribution in [2.45, 2.75) is 57.2 Å². The molecule has 4 rings (SSSR count). The standard InChI is InChI=1S/C22H24F3N5O3/c1-2-14-8-3-4-9-30(14)21-28-18-17(20(33)29-21)15(11-16(31)27-18)19(32)26-13-7-5-6-12(10-13)22(23,24)25/h5-7,10,14-15H,2-4,8-9,11H2,1H3,(H,26,32)(H2,27,28,29,31,33)/t14-,15-/m1/s1. The van der Waals surface area contributed by atoms with Crippen LogP contribution in [0.3, 0.4) is 0 Å². The minimum Gasteiger partial charge on any atom is -0.339 e. The summed E-state index contributed by atoms with van der Waals surface area (Å²) in [5.41, 5.74) is -1.56. The highest BCUT2D eigenvalue weighted by Gasteiger charge is 2.36. The third-order valence-corrected chi connectivity index (χ3v) is 6.08. The monoisotopic (exact) mass is 463 g/mol. The maximum Gasteiger partial charge on any atom is 0.416 e. The first-order chi connectivity index (χ1) is 15.7. The first-order valence-electron chi connectivity index (χ1n) is 10.9. The smallest absolute Gasteiger partial charge is 0.339 e. The number of fused-ring (bicyclic) bond motifs is 1. The number of benzene rings is 1. The lowest BCUT2D eigenvalue weighted by molar-refractivity contribution is -0.137. The molecule has 2 amide bonds. The van der Waals surface area contributed by atoms with Crippen molar-refractivity contribution in [3.05, 3.63) is 45.7 Å². The lowest BCUT2D eigenvalue weighted by Crippen LogP contribution is -2.43. The summed E-state index contributed by atoms with van der Waals surface area (Å²) in [5.74, 6) is -2.09. The normalized spacial score (nSPS) is 20.7. The van der Waals surface area contributed by atoms with E-state index in [1.165, 1.54) is 12.1 Å². The summed E-state index contributed by atoms with van der Waals surface area (Å²) in [6, 6.07) is 4.38. The van der Waals surface area contributed by atoms with Gasteiger partial charge in [0.15, 0.2) is 0 Å². The van der Waals surface area contributed by atoms with Gasteiger partial charge in [0.05, 0.1) is 17.0 Å². The molecule has 2 aliphatic heterocycles. The van der Waals surface area contributed by atoms with E-state index < -0.39 is 35.0 Å². The third kappa shape index (κ3) is 4.71. The van der Waals surface area contributed by atoms with Crippen LogP contribution in [0.5, 0.6) is 0 Å². The van der Waals surface area contributed by atoms with Gasteiger partial charge in [-0.05, 0) is 43.9 Å². The van der Waals surface area contributed by atoms with Gasteiger partial charge in [-0.2, -0.15) is 18.2 Å². The molecule has 0 unspecified atom stereocenters. The summed E-state index contributed by atoms with van der Waals surface area (Å²) < 4.78 is 38.9. The van der Waals surface area contributed by atoms with E-state index in [0.29, 0.717) is 12.5 Å². The molecule has 0 aliphatic carbocycles. The van der Waals surface area contributed by atoms with Crippen LogP contribution < -0.4 is 21.1 Å². The van der Waals surface area contributed by atoms with Gasteiger partial charge in [-0.25, -0.2) is 0 Å². The Labute approximate surface area is 187 Å². The number of H-pyrrole nitrogens is 1. The second-order valence-electron chi connectivity index (χ2n) is 8.28. The Kier molecular flexibility index (Phi) is 6.13. The molecule has 1 aromatic heterocycles. The quantitative estimate of drug-likeness (QED) is 0.642. The van der Waals surface area contributed by atoms with Crippen LogP contribution in [0, 0.1) is 0 Å². The zero-order chi connectivity index (χ0) is 23.8. The van der Waals surface area contributed by atoms with Crippen molar-refractivity contribution in [3.63, 3.8) is 0 Å². The highest BCUT2D eigenvalue weighted by atomic mass is 19.4. The summed E-state index contributed by atoms with van der Waals surface area (Å²) in [5, 5.41) is 4.96. The summed E-state index contributed by atoms with van der Waals surface area (Å²) >= 11 is 0. The van der Waals surface area contributed by atoms with Crippen molar-refractivity contribution in [2.75, 3.05) is 22.1 Å². The molecule has 0 saturated carbocycles. The molecular weight excluding hydrogens is 439 g/mol. The molecule has 1 aromatic carbocycles. The highest BCUT2D eigenvalue weighted by Crippen LogP contribution is 2.33. The highest BCUT2D eigenvalue weighted by molar-refractivity contribution is 6.04. The zero-order valence-electron chi connectivity index (χ0n) is 18.0. The van der Waals surface area contributed by atoms with Crippen molar-refractivity contribution in [3.8, 4) is 0 Å². The molecule has 2 aromatic rings. The molecule has 33 heavy (non-hydrogen) atoms. The molecule has 8 nitrogen and oxygen atoms in total. The average molecular weight is 463 g/mol. The number of hydrogen-bond donors (Lipinski definition) is 3. The molecule has 0 bridgehead atoms. The van der Waals surface area contributed by atoms with Crippen molar-refractivity contribution in [1.29, 1.82) is 0 Å². The van der Waals surface area contributed by atoms with Crippen LogP contribution in [0.15, 0.2) is 29.1 Å². The van der Waals surface area contributed by atoms with Crippen LogP contribution in [0.1, 0.15) is 56.1 Å². The second-order valence-corrected chi connectivity index (χ2v) is 8.28. The number of nitrogens with zero attached hydrogens (tertiary/aromatic N) is 2. The Hall–Kier alpha value is -3.37. The van der Waals surface area contributed by atoms with Crippen LogP contribution >= 0.6 is 0 Å². The number of aromatic nitrogens is 2. The number of amides is 2. The van der Waals surface area contributed by atoms with Gasteiger partial charge in [-0.1, -0.05) is 13.0 Å². The van der Waals surface area contributed by atoms with E-state index in [0.717, 1.165) is 37.8 Å². The van der Waals surface area contributed by atoms with Crippen molar-refractivity contribution < 1.29 is 22.8 Å².